The van der Waals surface area contributed by atoms with Crippen molar-refractivity contribution >= 4 is 58.4 Å². The van der Waals surface area contributed by atoms with Crippen molar-refractivity contribution in [1.82, 2.24) is 10.2 Å². The summed E-state index contributed by atoms with van der Waals surface area (Å²) in [6.45, 7) is 2.78. The quantitative estimate of drug-likeness (QED) is 0.257. The molecule has 0 aliphatic rings. The molecule has 0 saturated heterocycles. The van der Waals surface area contributed by atoms with Gasteiger partial charge >= 0.3 is 0 Å². The Morgan fingerprint density at radius 3 is 2.31 bits per heavy atom. The highest BCUT2D eigenvalue weighted by Gasteiger charge is 2.30. The van der Waals surface area contributed by atoms with Gasteiger partial charge in [0, 0.05) is 30.3 Å². The molecule has 190 valence electrons. The van der Waals surface area contributed by atoms with Crippen LogP contribution in [-0.2, 0) is 28.3 Å². The van der Waals surface area contributed by atoms with Gasteiger partial charge in [-0.3, -0.25) is 9.59 Å². The first-order valence-corrected chi connectivity index (χ1v) is 14.0. The van der Waals surface area contributed by atoms with Crippen LogP contribution in [0.15, 0.2) is 72.8 Å². The smallest absolute Gasteiger partial charge is 0.243 e. The van der Waals surface area contributed by atoms with Crippen LogP contribution in [0, 0.1) is 0 Å². The lowest BCUT2D eigenvalue weighted by Gasteiger charge is -2.31. The van der Waals surface area contributed by atoms with E-state index in [2.05, 4.69) is 5.32 Å². The Balaban J connectivity index is 1.84. The second-order valence-corrected chi connectivity index (χ2v) is 10.6. The van der Waals surface area contributed by atoms with Crippen LogP contribution in [0.3, 0.4) is 0 Å². The third kappa shape index (κ3) is 8.45. The van der Waals surface area contributed by atoms with Gasteiger partial charge in [-0.25, -0.2) is 0 Å². The van der Waals surface area contributed by atoms with Crippen LogP contribution in [0.2, 0.25) is 15.1 Å². The summed E-state index contributed by atoms with van der Waals surface area (Å²) in [5, 5.41) is 4.52. The van der Waals surface area contributed by atoms with Crippen molar-refractivity contribution in [2.75, 3.05) is 12.3 Å². The van der Waals surface area contributed by atoms with E-state index in [-0.39, 0.29) is 24.1 Å². The number of hydrogen-bond donors (Lipinski definition) is 1. The number of nitrogens with one attached hydrogen (secondary N) is 1. The van der Waals surface area contributed by atoms with Crippen LogP contribution in [0.25, 0.3) is 0 Å². The van der Waals surface area contributed by atoms with E-state index in [0.717, 1.165) is 23.1 Å². The van der Waals surface area contributed by atoms with Crippen molar-refractivity contribution < 1.29 is 9.59 Å². The van der Waals surface area contributed by atoms with Gasteiger partial charge in [-0.05, 0) is 41.3 Å². The van der Waals surface area contributed by atoms with E-state index in [9.17, 15) is 9.59 Å². The molecule has 8 heteroatoms. The zero-order valence-electron chi connectivity index (χ0n) is 20.1. The Morgan fingerprint density at radius 1 is 0.889 bits per heavy atom. The Morgan fingerprint density at radius 2 is 1.61 bits per heavy atom. The molecule has 0 spiro atoms. The topological polar surface area (TPSA) is 49.4 Å². The number of nitrogens with zero attached hydrogens (tertiary/aromatic N) is 1. The molecule has 36 heavy (non-hydrogen) atoms. The number of carbonyl (C=O) groups excluding carboxylic acids is 2. The molecule has 3 rings (SSSR count). The monoisotopic (exact) mass is 562 g/mol. The molecule has 0 unspecified atom stereocenters. The molecule has 0 aliphatic heterocycles. The summed E-state index contributed by atoms with van der Waals surface area (Å²) in [5.74, 6) is 0.494. The van der Waals surface area contributed by atoms with Crippen LogP contribution in [0.5, 0.6) is 0 Å². The Labute approximate surface area is 232 Å². The van der Waals surface area contributed by atoms with Crippen molar-refractivity contribution in [1.29, 1.82) is 0 Å². The molecule has 0 saturated carbocycles. The first-order chi connectivity index (χ1) is 17.4. The summed E-state index contributed by atoms with van der Waals surface area (Å²) in [6.07, 6.45) is 1.21. The van der Waals surface area contributed by atoms with Crippen LogP contribution in [0.1, 0.15) is 30.0 Å². The molecular weight excluding hydrogens is 535 g/mol. The normalized spacial score (nSPS) is 11.7. The van der Waals surface area contributed by atoms with Crippen molar-refractivity contribution in [2.24, 2.45) is 0 Å². The number of amides is 2. The lowest BCUT2D eigenvalue weighted by Crippen LogP contribution is -2.51. The highest BCUT2D eigenvalue weighted by Crippen LogP contribution is 2.26. The minimum Gasteiger partial charge on any atom is -0.354 e. The molecule has 0 heterocycles. The lowest BCUT2D eigenvalue weighted by atomic mass is 10.0. The van der Waals surface area contributed by atoms with Gasteiger partial charge in [-0.15, -0.1) is 11.8 Å². The van der Waals surface area contributed by atoms with E-state index < -0.39 is 6.04 Å². The molecule has 1 N–H and O–H groups in total. The van der Waals surface area contributed by atoms with Crippen LogP contribution in [0.4, 0.5) is 0 Å². The molecule has 0 bridgehead atoms. The van der Waals surface area contributed by atoms with Crippen molar-refractivity contribution in [3.63, 3.8) is 0 Å². The number of halogens is 3. The van der Waals surface area contributed by atoms with Gasteiger partial charge in [0.1, 0.15) is 6.04 Å². The molecule has 3 aromatic rings. The zero-order chi connectivity index (χ0) is 25.9. The number of hydrogen-bond acceptors (Lipinski definition) is 3. The van der Waals surface area contributed by atoms with Crippen LogP contribution in [-0.4, -0.2) is 35.1 Å². The third-order valence-corrected chi connectivity index (χ3v) is 7.69. The van der Waals surface area contributed by atoms with Crippen LogP contribution < -0.4 is 5.32 Å². The van der Waals surface area contributed by atoms with E-state index in [4.69, 9.17) is 34.8 Å². The maximum atomic E-state index is 13.6. The standard InChI is InChI=1S/C28H29Cl3N2O2S/c1-2-14-32-28(35)26(16-20-8-4-3-5-9-20)33(17-22-10-6-7-11-23(22)29)27(34)19-36-18-21-12-13-24(30)25(31)15-21/h3-13,15,26H,2,14,16-19H2,1H3,(H,32,35)/t26-/m1/s1. The van der Waals surface area contributed by atoms with E-state index in [1.54, 1.807) is 23.1 Å². The lowest BCUT2D eigenvalue weighted by molar-refractivity contribution is -0.139. The largest absolute Gasteiger partial charge is 0.354 e. The van der Waals surface area contributed by atoms with Gasteiger partial charge in [-0.1, -0.05) is 96.3 Å². The first-order valence-electron chi connectivity index (χ1n) is 11.7. The van der Waals surface area contributed by atoms with E-state index in [1.807, 2.05) is 61.5 Å². The second kappa shape index (κ2) is 14.5. The fraction of sp³-hybridized carbons (Fsp3) is 0.286. The molecule has 0 radical (unpaired) electrons. The average Bonchev–Trinajstić information content (AvgIpc) is 2.88. The highest BCUT2D eigenvalue weighted by atomic mass is 35.5. The van der Waals surface area contributed by atoms with E-state index >= 15 is 0 Å². The summed E-state index contributed by atoms with van der Waals surface area (Å²) in [5.41, 5.74) is 2.75. The maximum Gasteiger partial charge on any atom is 0.243 e. The average molecular weight is 564 g/mol. The summed E-state index contributed by atoms with van der Waals surface area (Å²) < 4.78 is 0. The Bertz CT molecular complexity index is 1160. The van der Waals surface area contributed by atoms with Gasteiger partial charge in [0.15, 0.2) is 0 Å². The van der Waals surface area contributed by atoms with E-state index in [0.29, 0.717) is 33.8 Å². The van der Waals surface area contributed by atoms with Gasteiger partial charge in [-0.2, -0.15) is 0 Å². The molecule has 0 fully saturated rings. The van der Waals surface area contributed by atoms with Gasteiger partial charge in [0.2, 0.25) is 11.8 Å². The SMILES string of the molecule is CCCNC(=O)[C@@H](Cc1ccccc1)N(Cc1ccccc1Cl)C(=O)CSCc1ccc(Cl)c(Cl)c1. The van der Waals surface area contributed by atoms with Crippen molar-refractivity contribution in [2.45, 2.75) is 38.1 Å². The van der Waals surface area contributed by atoms with Gasteiger partial charge in [0.25, 0.3) is 0 Å². The summed E-state index contributed by atoms with van der Waals surface area (Å²) in [4.78, 5) is 28.6. The van der Waals surface area contributed by atoms with Crippen molar-refractivity contribution in [3.8, 4) is 0 Å². The molecular formula is C28H29Cl3N2O2S. The molecule has 1 atom stereocenters. The molecule has 0 aromatic heterocycles. The number of rotatable bonds is 12. The number of thioether (sulfide) groups is 1. The number of carbonyl (C=O) groups is 2. The summed E-state index contributed by atoms with van der Waals surface area (Å²) in [7, 11) is 0. The fourth-order valence-electron chi connectivity index (χ4n) is 3.70. The van der Waals surface area contributed by atoms with E-state index in [1.165, 1.54) is 11.8 Å². The molecule has 2 amide bonds. The molecule has 0 aliphatic carbocycles. The minimum absolute atomic E-state index is 0.132. The Hall–Kier alpha value is -2.18. The first kappa shape index (κ1) is 28.4. The second-order valence-electron chi connectivity index (χ2n) is 8.35. The van der Waals surface area contributed by atoms with Gasteiger partial charge in [0.05, 0.1) is 15.8 Å². The predicted molar refractivity (Wildman–Crippen MR) is 152 cm³/mol. The minimum atomic E-state index is -0.673. The van der Waals surface area contributed by atoms with Crippen molar-refractivity contribution in [3.05, 3.63) is 105 Å². The number of benzene rings is 3. The third-order valence-electron chi connectivity index (χ3n) is 5.60. The molecule has 3 aromatic carbocycles. The highest BCUT2D eigenvalue weighted by molar-refractivity contribution is 7.99. The predicted octanol–water partition coefficient (Wildman–Crippen LogP) is 7.05. The summed E-state index contributed by atoms with van der Waals surface area (Å²) >= 11 is 20.1. The van der Waals surface area contributed by atoms with Gasteiger partial charge < -0.3 is 10.2 Å². The maximum absolute atomic E-state index is 13.6. The molecule has 4 nitrogen and oxygen atoms in total. The fourth-order valence-corrected chi connectivity index (χ4v) is 5.07. The van der Waals surface area contributed by atoms with Crippen LogP contribution >= 0.6 is 46.6 Å². The Kier molecular flexibility index (Phi) is 11.5. The summed E-state index contributed by atoms with van der Waals surface area (Å²) in [6, 6.07) is 21.9. The zero-order valence-corrected chi connectivity index (χ0v) is 23.1.